The Kier molecular flexibility index (Phi) is 3.71. The first-order chi connectivity index (χ1) is 9.06. The van der Waals surface area contributed by atoms with Gasteiger partial charge in [-0.25, -0.2) is 0 Å². The number of hydrogen-bond donors (Lipinski definition) is 1. The summed E-state index contributed by atoms with van der Waals surface area (Å²) in [6.07, 6.45) is 2.87. The third-order valence-electron chi connectivity index (χ3n) is 4.87. The van der Waals surface area contributed by atoms with Gasteiger partial charge in [0.2, 0.25) is 0 Å². The lowest BCUT2D eigenvalue weighted by molar-refractivity contribution is 0.0924. The van der Waals surface area contributed by atoms with Crippen LogP contribution in [0.5, 0.6) is 0 Å². The van der Waals surface area contributed by atoms with Crippen molar-refractivity contribution in [1.82, 2.24) is 10.2 Å². The van der Waals surface area contributed by atoms with E-state index < -0.39 is 0 Å². The van der Waals surface area contributed by atoms with Crippen LogP contribution < -0.4 is 5.32 Å². The second-order valence-electron chi connectivity index (χ2n) is 6.44. The first-order valence-corrected chi connectivity index (χ1v) is 8.44. The van der Waals surface area contributed by atoms with Gasteiger partial charge in [0.15, 0.2) is 0 Å². The topological polar surface area (TPSA) is 15.3 Å². The summed E-state index contributed by atoms with van der Waals surface area (Å²) in [5, 5.41) is 3.75. The van der Waals surface area contributed by atoms with Crippen molar-refractivity contribution in [1.29, 1.82) is 0 Å². The zero-order valence-corrected chi connectivity index (χ0v) is 13.4. The van der Waals surface area contributed by atoms with E-state index >= 15 is 0 Å². The number of nitrogens with zero attached hydrogens (tertiary/aromatic N) is 1. The fraction of sp³-hybridized carbons (Fsp3) is 0.750. The van der Waals surface area contributed by atoms with Crippen LogP contribution in [0.15, 0.2) is 6.07 Å². The van der Waals surface area contributed by atoms with Crippen LogP contribution in [0.3, 0.4) is 0 Å². The van der Waals surface area contributed by atoms with E-state index in [4.69, 9.17) is 0 Å². The van der Waals surface area contributed by atoms with Crippen LogP contribution in [0.2, 0.25) is 0 Å². The quantitative estimate of drug-likeness (QED) is 0.910. The molecule has 3 heteroatoms. The second kappa shape index (κ2) is 5.19. The summed E-state index contributed by atoms with van der Waals surface area (Å²) in [7, 11) is 0. The third-order valence-corrected chi connectivity index (χ3v) is 5.85. The summed E-state index contributed by atoms with van der Waals surface area (Å²) in [5.41, 5.74) is 1.55. The van der Waals surface area contributed by atoms with Gasteiger partial charge in [-0.15, -0.1) is 11.3 Å². The van der Waals surface area contributed by atoms with E-state index in [0.717, 1.165) is 18.5 Å². The van der Waals surface area contributed by atoms with E-state index in [0.29, 0.717) is 12.1 Å². The predicted octanol–water partition coefficient (Wildman–Crippen LogP) is 3.50. The Hall–Kier alpha value is -0.380. The van der Waals surface area contributed by atoms with Gasteiger partial charge in [0, 0.05) is 41.0 Å². The minimum absolute atomic E-state index is 0.559. The Morgan fingerprint density at radius 1 is 1.37 bits per heavy atom. The number of aryl methyl sites for hydroxylation is 2. The lowest BCUT2D eigenvalue weighted by Gasteiger charge is -2.42. The van der Waals surface area contributed by atoms with Gasteiger partial charge in [-0.1, -0.05) is 0 Å². The smallest absolute Gasteiger partial charge is 0.0334 e. The van der Waals surface area contributed by atoms with Crippen LogP contribution in [-0.4, -0.2) is 30.1 Å². The molecule has 1 aliphatic carbocycles. The summed E-state index contributed by atoms with van der Waals surface area (Å²) in [4.78, 5) is 5.66. The predicted molar refractivity (Wildman–Crippen MR) is 82.9 cm³/mol. The lowest BCUT2D eigenvalue weighted by Crippen LogP contribution is -2.56. The first-order valence-electron chi connectivity index (χ1n) is 7.62. The normalized spacial score (nSPS) is 30.5. The van der Waals surface area contributed by atoms with Crippen LogP contribution in [0.1, 0.15) is 48.0 Å². The third kappa shape index (κ3) is 2.74. The minimum Gasteiger partial charge on any atom is -0.311 e. The highest BCUT2D eigenvalue weighted by Crippen LogP contribution is 2.37. The average molecular weight is 278 g/mol. The summed E-state index contributed by atoms with van der Waals surface area (Å²) < 4.78 is 0. The van der Waals surface area contributed by atoms with Crippen molar-refractivity contribution in [3.8, 4) is 0 Å². The molecule has 0 spiro atoms. The van der Waals surface area contributed by atoms with Crippen molar-refractivity contribution < 1.29 is 0 Å². The van der Waals surface area contributed by atoms with Gasteiger partial charge in [-0.2, -0.15) is 0 Å². The molecule has 1 aromatic rings. The highest BCUT2D eigenvalue weighted by atomic mass is 32.1. The van der Waals surface area contributed by atoms with E-state index in [2.05, 4.69) is 44.0 Å². The molecule has 2 fully saturated rings. The molecule has 2 nitrogen and oxygen atoms in total. The van der Waals surface area contributed by atoms with Gasteiger partial charge >= 0.3 is 0 Å². The van der Waals surface area contributed by atoms with Crippen LogP contribution in [0.4, 0.5) is 0 Å². The standard InChI is InChI=1S/C16H26N2S/c1-10-8-17-16(14-5-6-14)9-18(10)12(3)15-7-11(2)19-13(15)4/h7,10,12,14,16-17H,5-6,8-9H2,1-4H3. The number of hydrogen-bond acceptors (Lipinski definition) is 3. The Labute approximate surface area is 121 Å². The van der Waals surface area contributed by atoms with Gasteiger partial charge in [-0.3, -0.25) is 4.90 Å². The molecule has 1 N–H and O–H groups in total. The molecule has 3 rings (SSSR count). The number of thiophene rings is 1. The summed E-state index contributed by atoms with van der Waals surface area (Å²) >= 11 is 1.94. The molecule has 19 heavy (non-hydrogen) atoms. The van der Waals surface area contributed by atoms with Crippen molar-refractivity contribution in [2.75, 3.05) is 13.1 Å². The summed E-state index contributed by atoms with van der Waals surface area (Å²) in [6.45, 7) is 11.6. The lowest BCUT2D eigenvalue weighted by atomic mass is 10.0. The monoisotopic (exact) mass is 278 g/mol. The van der Waals surface area contributed by atoms with E-state index in [1.165, 1.54) is 29.1 Å². The van der Waals surface area contributed by atoms with Gasteiger partial charge in [0.25, 0.3) is 0 Å². The Balaban J connectivity index is 1.76. The van der Waals surface area contributed by atoms with Gasteiger partial charge < -0.3 is 5.32 Å². The maximum atomic E-state index is 3.75. The summed E-state index contributed by atoms with van der Waals surface area (Å²) in [5.74, 6) is 0.951. The number of nitrogens with one attached hydrogen (secondary N) is 1. The molecule has 2 heterocycles. The molecule has 3 atom stereocenters. The van der Waals surface area contributed by atoms with E-state index in [1.54, 1.807) is 5.56 Å². The Morgan fingerprint density at radius 3 is 2.68 bits per heavy atom. The highest BCUT2D eigenvalue weighted by Gasteiger charge is 2.37. The molecule has 0 bridgehead atoms. The van der Waals surface area contributed by atoms with Crippen molar-refractivity contribution in [3.63, 3.8) is 0 Å². The maximum absolute atomic E-state index is 3.75. The SMILES string of the molecule is Cc1cc(C(C)N2CC(C3CC3)NCC2C)c(C)s1. The van der Waals surface area contributed by atoms with E-state index in [9.17, 15) is 0 Å². The molecular weight excluding hydrogens is 252 g/mol. The Bertz CT molecular complexity index is 450. The van der Waals surface area contributed by atoms with E-state index in [1.807, 2.05) is 11.3 Å². The fourth-order valence-corrected chi connectivity index (χ4v) is 4.53. The van der Waals surface area contributed by atoms with Gasteiger partial charge in [-0.05, 0) is 58.1 Å². The van der Waals surface area contributed by atoms with Crippen LogP contribution in [0, 0.1) is 19.8 Å². The molecule has 1 saturated heterocycles. The molecule has 1 saturated carbocycles. The van der Waals surface area contributed by atoms with Gasteiger partial charge in [0.05, 0.1) is 0 Å². The average Bonchev–Trinajstić information content (AvgIpc) is 3.15. The minimum atomic E-state index is 0.559. The number of rotatable bonds is 3. The summed E-state index contributed by atoms with van der Waals surface area (Å²) in [6, 6.07) is 4.33. The second-order valence-corrected chi connectivity index (χ2v) is 7.90. The molecule has 2 aliphatic rings. The molecule has 0 amide bonds. The molecule has 0 radical (unpaired) electrons. The zero-order chi connectivity index (χ0) is 13.6. The number of piperazine rings is 1. The van der Waals surface area contributed by atoms with Crippen LogP contribution in [-0.2, 0) is 0 Å². The van der Waals surface area contributed by atoms with E-state index in [-0.39, 0.29) is 0 Å². The molecule has 106 valence electrons. The van der Waals surface area contributed by atoms with Crippen LogP contribution >= 0.6 is 11.3 Å². The molecule has 1 aromatic heterocycles. The Morgan fingerprint density at radius 2 is 2.11 bits per heavy atom. The van der Waals surface area contributed by atoms with Crippen molar-refractivity contribution in [2.45, 2.75) is 58.7 Å². The molecule has 1 aliphatic heterocycles. The molecular formula is C16H26N2S. The van der Waals surface area contributed by atoms with Crippen molar-refractivity contribution in [3.05, 3.63) is 21.4 Å². The maximum Gasteiger partial charge on any atom is 0.0334 e. The van der Waals surface area contributed by atoms with Crippen molar-refractivity contribution in [2.24, 2.45) is 5.92 Å². The van der Waals surface area contributed by atoms with Gasteiger partial charge in [0.1, 0.15) is 0 Å². The first kappa shape index (κ1) is 13.6. The largest absolute Gasteiger partial charge is 0.311 e. The molecule has 0 aromatic carbocycles. The highest BCUT2D eigenvalue weighted by molar-refractivity contribution is 7.12. The van der Waals surface area contributed by atoms with Crippen LogP contribution in [0.25, 0.3) is 0 Å². The molecule has 3 unspecified atom stereocenters. The van der Waals surface area contributed by atoms with Crippen molar-refractivity contribution >= 4 is 11.3 Å². The fourth-order valence-electron chi connectivity index (χ4n) is 3.51. The zero-order valence-electron chi connectivity index (χ0n) is 12.6.